The highest BCUT2D eigenvalue weighted by atomic mass is 79.9. The SMILES string of the molecule is C#CCNC(=O)c1ccc2oc(N3CCN(S(=O)(=O)c4ccc(Br)cc4)CC3)nc2c1. The Kier molecular flexibility index (Phi) is 6.00. The molecule has 0 atom stereocenters. The number of hydrogen-bond donors (Lipinski definition) is 1. The smallest absolute Gasteiger partial charge is 0.298 e. The third-order valence-corrected chi connectivity index (χ3v) is 7.39. The Hall–Kier alpha value is -2.87. The van der Waals surface area contributed by atoms with E-state index in [0.29, 0.717) is 48.9 Å². The summed E-state index contributed by atoms with van der Waals surface area (Å²) in [5.41, 5.74) is 1.54. The zero-order chi connectivity index (χ0) is 22.0. The number of terminal acetylenes is 1. The molecule has 1 aliphatic heterocycles. The second kappa shape index (κ2) is 8.70. The number of halogens is 1. The standard InChI is InChI=1S/C21H19BrN4O4S/c1-2-9-23-20(27)15-3-8-19-18(14-15)24-21(30-19)25-10-12-26(13-11-25)31(28,29)17-6-4-16(22)5-7-17/h1,3-8,14H,9-13H2,(H,23,27). The lowest BCUT2D eigenvalue weighted by molar-refractivity contribution is 0.0959. The topological polar surface area (TPSA) is 95.8 Å². The van der Waals surface area contributed by atoms with E-state index in [4.69, 9.17) is 10.8 Å². The maximum Gasteiger partial charge on any atom is 0.298 e. The van der Waals surface area contributed by atoms with Crippen LogP contribution in [0.25, 0.3) is 11.1 Å². The number of nitrogens with one attached hydrogen (secondary N) is 1. The molecule has 1 aromatic heterocycles. The molecular formula is C21H19BrN4O4S. The molecule has 160 valence electrons. The van der Waals surface area contributed by atoms with Crippen LogP contribution in [0, 0.1) is 12.3 Å². The van der Waals surface area contributed by atoms with Gasteiger partial charge in [0.2, 0.25) is 10.0 Å². The molecular weight excluding hydrogens is 484 g/mol. The van der Waals surface area contributed by atoms with Crippen molar-refractivity contribution in [1.29, 1.82) is 0 Å². The number of aromatic nitrogens is 1. The van der Waals surface area contributed by atoms with Crippen molar-refractivity contribution in [3.63, 3.8) is 0 Å². The van der Waals surface area contributed by atoms with E-state index in [1.165, 1.54) is 4.31 Å². The molecule has 2 aromatic carbocycles. The van der Waals surface area contributed by atoms with Crippen molar-refractivity contribution in [1.82, 2.24) is 14.6 Å². The number of amides is 1. The molecule has 0 saturated carbocycles. The van der Waals surface area contributed by atoms with E-state index in [0.717, 1.165) is 4.47 Å². The Morgan fingerprint density at radius 2 is 1.87 bits per heavy atom. The number of anilines is 1. The third kappa shape index (κ3) is 4.44. The number of piperazine rings is 1. The molecule has 1 aliphatic rings. The van der Waals surface area contributed by atoms with Gasteiger partial charge in [-0.05, 0) is 42.5 Å². The van der Waals surface area contributed by atoms with Gasteiger partial charge in [-0.1, -0.05) is 21.9 Å². The summed E-state index contributed by atoms with van der Waals surface area (Å²) in [6.07, 6.45) is 5.17. The van der Waals surface area contributed by atoms with E-state index in [9.17, 15) is 13.2 Å². The molecule has 0 aliphatic carbocycles. The van der Waals surface area contributed by atoms with Gasteiger partial charge in [0.25, 0.3) is 11.9 Å². The molecule has 0 unspecified atom stereocenters. The van der Waals surface area contributed by atoms with Gasteiger partial charge >= 0.3 is 0 Å². The lowest BCUT2D eigenvalue weighted by Crippen LogP contribution is -2.48. The highest BCUT2D eigenvalue weighted by Gasteiger charge is 2.30. The van der Waals surface area contributed by atoms with Gasteiger partial charge < -0.3 is 14.6 Å². The van der Waals surface area contributed by atoms with E-state index < -0.39 is 10.0 Å². The van der Waals surface area contributed by atoms with Crippen molar-refractivity contribution < 1.29 is 17.6 Å². The number of sulfonamides is 1. The fourth-order valence-corrected chi connectivity index (χ4v) is 4.99. The van der Waals surface area contributed by atoms with Crippen molar-refractivity contribution in [2.45, 2.75) is 4.90 Å². The zero-order valence-electron chi connectivity index (χ0n) is 16.4. The van der Waals surface area contributed by atoms with Gasteiger partial charge in [-0.25, -0.2) is 8.42 Å². The van der Waals surface area contributed by atoms with Gasteiger partial charge in [0.05, 0.1) is 11.4 Å². The fraction of sp³-hybridized carbons (Fsp3) is 0.238. The number of carbonyl (C=O) groups excluding carboxylic acids is 1. The average molecular weight is 503 g/mol. The van der Waals surface area contributed by atoms with Crippen molar-refractivity contribution in [2.24, 2.45) is 0 Å². The van der Waals surface area contributed by atoms with Crippen molar-refractivity contribution in [2.75, 3.05) is 37.6 Å². The summed E-state index contributed by atoms with van der Waals surface area (Å²) in [5, 5.41) is 2.61. The van der Waals surface area contributed by atoms with E-state index in [1.54, 1.807) is 42.5 Å². The molecule has 0 bridgehead atoms. The first kappa shape index (κ1) is 21.4. The van der Waals surface area contributed by atoms with E-state index in [-0.39, 0.29) is 17.3 Å². The second-order valence-corrected chi connectivity index (χ2v) is 9.76. The van der Waals surface area contributed by atoms with Crippen molar-refractivity contribution >= 4 is 49.0 Å². The van der Waals surface area contributed by atoms with Gasteiger partial charge in [0.1, 0.15) is 5.52 Å². The van der Waals surface area contributed by atoms with Gasteiger partial charge in [-0.3, -0.25) is 4.79 Å². The van der Waals surface area contributed by atoms with Crippen LogP contribution in [0.1, 0.15) is 10.4 Å². The monoisotopic (exact) mass is 502 g/mol. The first-order chi connectivity index (χ1) is 14.9. The summed E-state index contributed by atoms with van der Waals surface area (Å²) in [7, 11) is -3.56. The van der Waals surface area contributed by atoms with Crippen LogP contribution in [0.15, 0.2) is 56.2 Å². The van der Waals surface area contributed by atoms with Crippen molar-refractivity contribution in [3.8, 4) is 12.3 Å². The van der Waals surface area contributed by atoms with Gasteiger partial charge in [-0.15, -0.1) is 6.42 Å². The fourth-order valence-electron chi connectivity index (χ4n) is 3.30. The number of oxazole rings is 1. The Morgan fingerprint density at radius 3 is 2.55 bits per heavy atom. The van der Waals surface area contributed by atoms with Crippen LogP contribution in [-0.2, 0) is 10.0 Å². The quantitative estimate of drug-likeness (QED) is 0.538. The highest BCUT2D eigenvalue weighted by molar-refractivity contribution is 9.10. The summed E-state index contributed by atoms with van der Waals surface area (Å²) in [5.74, 6) is 2.08. The average Bonchev–Trinajstić information content (AvgIpc) is 3.21. The predicted molar refractivity (Wildman–Crippen MR) is 120 cm³/mol. The molecule has 1 fully saturated rings. The van der Waals surface area contributed by atoms with Crippen LogP contribution in [0.3, 0.4) is 0 Å². The normalized spacial score (nSPS) is 15.0. The molecule has 2 heterocycles. The van der Waals surface area contributed by atoms with E-state index >= 15 is 0 Å². The molecule has 3 aromatic rings. The minimum Gasteiger partial charge on any atom is -0.423 e. The second-order valence-electron chi connectivity index (χ2n) is 6.91. The Bertz CT molecular complexity index is 1260. The highest BCUT2D eigenvalue weighted by Crippen LogP contribution is 2.26. The maximum absolute atomic E-state index is 12.9. The van der Waals surface area contributed by atoms with Gasteiger partial charge in [0, 0.05) is 36.2 Å². The number of nitrogens with zero attached hydrogens (tertiary/aromatic N) is 3. The summed E-state index contributed by atoms with van der Waals surface area (Å²) in [6.45, 7) is 1.66. The lowest BCUT2D eigenvalue weighted by atomic mass is 10.2. The number of benzene rings is 2. The Labute approximate surface area is 188 Å². The van der Waals surface area contributed by atoms with Crippen LogP contribution in [-0.4, -0.2) is 56.3 Å². The minimum atomic E-state index is -3.56. The summed E-state index contributed by atoms with van der Waals surface area (Å²) in [4.78, 5) is 18.7. The predicted octanol–water partition coefficient (Wildman–Crippen LogP) is 2.46. The molecule has 10 heteroatoms. The first-order valence-corrected chi connectivity index (χ1v) is 11.7. The largest absolute Gasteiger partial charge is 0.423 e. The summed E-state index contributed by atoms with van der Waals surface area (Å²) in [6, 6.07) is 12.0. The Morgan fingerprint density at radius 1 is 1.16 bits per heavy atom. The third-order valence-electron chi connectivity index (χ3n) is 4.95. The molecule has 0 spiro atoms. The van der Waals surface area contributed by atoms with Crippen LogP contribution < -0.4 is 10.2 Å². The van der Waals surface area contributed by atoms with Crippen molar-refractivity contribution in [3.05, 3.63) is 52.5 Å². The van der Waals surface area contributed by atoms with Crippen LogP contribution in [0.5, 0.6) is 0 Å². The molecule has 4 rings (SSSR count). The lowest BCUT2D eigenvalue weighted by Gasteiger charge is -2.33. The molecule has 31 heavy (non-hydrogen) atoms. The zero-order valence-corrected chi connectivity index (χ0v) is 18.8. The molecule has 1 N–H and O–H groups in total. The Balaban J connectivity index is 1.46. The summed E-state index contributed by atoms with van der Waals surface area (Å²) < 4.78 is 33.8. The molecule has 1 amide bonds. The first-order valence-electron chi connectivity index (χ1n) is 9.51. The summed E-state index contributed by atoms with van der Waals surface area (Å²) >= 11 is 3.32. The van der Waals surface area contributed by atoms with Crippen LogP contribution in [0.2, 0.25) is 0 Å². The van der Waals surface area contributed by atoms with Crippen LogP contribution in [0.4, 0.5) is 6.01 Å². The van der Waals surface area contributed by atoms with Gasteiger partial charge in [-0.2, -0.15) is 9.29 Å². The molecule has 8 nitrogen and oxygen atoms in total. The number of hydrogen-bond acceptors (Lipinski definition) is 6. The van der Waals surface area contributed by atoms with E-state index in [1.807, 2.05) is 4.90 Å². The molecule has 1 saturated heterocycles. The van der Waals surface area contributed by atoms with E-state index in [2.05, 4.69) is 32.2 Å². The number of fused-ring (bicyclic) bond motifs is 1. The molecule has 0 radical (unpaired) electrons. The number of carbonyl (C=O) groups is 1. The van der Waals surface area contributed by atoms with Crippen LogP contribution >= 0.6 is 15.9 Å². The maximum atomic E-state index is 12.9. The number of rotatable bonds is 5. The minimum absolute atomic E-state index is 0.147. The van der Waals surface area contributed by atoms with Gasteiger partial charge in [0.15, 0.2) is 5.58 Å².